The van der Waals surface area contributed by atoms with Crippen LogP contribution < -0.4 is 10.5 Å². The molecule has 0 atom stereocenters. The fourth-order valence-electron chi connectivity index (χ4n) is 6.13. The molecule has 0 amide bonds. The van der Waals surface area contributed by atoms with Gasteiger partial charge in [0.1, 0.15) is 29.3 Å². The molecule has 41 heavy (non-hydrogen) atoms. The highest BCUT2D eigenvalue weighted by Gasteiger charge is 2.30. The number of aromatic nitrogens is 8. The number of H-pyrrole nitrogens is 1. The summed E-state index contributed by atoms with van der Waals surface area (Å²) in [5.41, 5.74) is 9.67. The van der Waals surface area contributed by atoms with Gasteiger partial charge in [-0.3, -0.25) is 4.90 Å². The van der Waals surface area contributed by atoms with Crippen molar-refractivity contribution < 1.29 is 4.74 Å². The SMILES string of the molecule is CN1CCN(C2CCC(n3nc(-c4ccc(Oc5ccccc5-c5nn[nH]n5)cc4)c4c(N)ncnc43)CC2)CC1. The largest absolute Gasteiger partial charge is 0.457 e. The lowest BCUT2D eigenvalue weighted by atomic mass is 9.90. The van der Waals surface area contributed by atoms with Crippen molar-refractivity contribution in [1.82, 2.24) is 50.2 Å². The first kappa shape index (κ1) is 25.5. The molecule has 1 aliphatic heterocycles. The van der Waals surface area contributed by atoms with Crippen molar-refractivity contribution >= 4 is 16.9 Å². The van der Waals surface area contributed by atoms with Gasteiger partial charge >= 0.3 is 0 Å². The van der Waals surface area contributed by atoms with E-state index in [0.29, 0.717) is 29.2 Å². The Morgan fingerprint density at radius 2 is 1.66 bits per heavy atom. The third kappa shape index (κ3) is 5.00. The van der Waals surface area contributed by atoms with E-state index >= 15 is 0 Å². The zero-order chi connectivity index (χ0) is 27.8. The van der Waals surface area contributed by atoms with Gasteiger partial charge in [-0.15, -0.1) is 10.2 Å². The molecule has 7 rings (SSSR count). The molecule has 3 aromatic heterocycles. The smallest absolute Gasteiger partial charge is 0.208 e. The second-order valence-electron chi connectivity index (χ2n) is 10.9. The van der Waals surface area contributed by atoms with Gasteiger partial charge in [0.15, 0.2) is 5.65 Å². The third-order valence-electron chi connectivity index (χ3n) is 8.41. The Hall–Kier alpha value is -4.42. The van der Waals surface area contributed by atoms with Crippen molar-refractivity contribution in [3.05, 3.63) is 54.9 Å². The van der Waals surface area contributed by atoms with Gasteiger partial charge in [0.05, 0.1) is 17.0 Å². The molecule has 0 spiro atoms. The van der Waals surface area contributed by atoms with E-state index < -0.39 is 0 Å². The second kappa shape index (κ2) is 10.9. The number of likely N-dealkylation sites (N-methyl/N-ethyl adjacent to an activating group) is 1. The Kier molecular flexibility index (Phi) is 6.77. The summed E-state index contributed by atoms with van der Waals surface area (Å²) in [6, 6.07) is 16.4. The van der Waals surface area contributed by atoms with Gasteiger partial charge in [0, 0.05) is 37.8 Å². The number of para-hydroxylation sites is 1. The highest BCUT2D eigenvalue weighted by molar-refractivity contribution is 5.98. The number of nitrogen functional groups attached to an aromatic ring is 1. The van der Waals surface area contributed by atoms with Crippen LogP contribution in [-0.4, -0.2) is 89.4 Å². The topological polar surface area (TPSA) is 140 Å². The molecule has 2 aliphatic rings. The van der Waals surface area contributed by atoms with Gasteiger partial charge in [-0.1, -0.05) is 12.1 Å². The summed E-state index contributed by atoms with van der Waals surface area (Å²) < 4.78 is 8.29. The van der Waals surface area contributed by atoms with Crippen LogP contribution in [0, 0.1) is 0 Å². The number of anilines is 1. The minimum atomic E-state index is 0.286. The standard InChI is InChI=1S/C29H33N11O/c1-38-14-16-39(17-15-38)20-8-10-21(11-9-20)40-29-25(27(30)31-18-32-29)26(35-40)19-6-12-22(13-7-19)41-24-5-3-2-4-23(24)28-33-36-37-34-28/h2-7,12-13,18,20-21H,8-11,14-17H2,1H3,(H2,30,31,32)(H,33,34,36,37). The van der Waals surface area contributed by atoms with Crippen LogP contribution in [0.2, 0.25) is 0 Å². The maximum absolute atomic E-state index is 6.40. The first-order chi connectivity index (χ1) is 20.1. The fraction of sp³-hybridized carbons (Fsp3) is 0.379. The van der Waals surface area contributed by atoms with E-state index in [2.05, 4.69) is 52.1 Å². The number of aromatic amines is 1. The van der Waals surface area contributed by atoms with Crippen molar-refractivity contribution in [1.29, 1.82) is 0 Å². The van der Waals surface area contributed by atoms with Crippen LogP contribution in [0.3, 0.4) is 0 Å². The van der Waals surface area contributed by atoms with Crippen LogP contribution in [0.5, 0.6) is 11.5 Å². The van der Waals surface area contributed by atoms with Crippen LogP contribution in [0.15, 0.2) is 54.9 Å². The number of piperazine rings is 1. The summed E-state index contributed by atoms with van der Waals surface area (Å²) in [6.07, 6.45) is 6.02. The lowest BCUT2D eigenvalue weighted by molar-refractivity contribution is 0.0815. The molecule has 4 heterocycles. The van der Waals surface area contributed by atoms with E-state index in [1.54, 1.807) is 0 Å². The monoisotopic (exact) mass is 551 g/mol. The van der Waals surface area contributed by atoms with Gasteiger partial charge in [0.25, 0.3) is 0 Å². The molecule has 3 N–H and O–H groups in total. The zero-order valence-corrected chi connectivity index (χ0v) is 23.0. The highest BCUT2D eigenvalue weighted by atomic mass is 16.5. The minimum Gasteiger partial charge on any atom is -0.457 e. The van der Waals surface area contributed by atoms with E-state index in [9.17, 15) is 0 Å². The van der Waals surface area contributed by atoms with Crippen LogP contribution in [0.4, 0.5) is 5.82 Å². The van der Waals surface area contributed by atoms with Crippen LogP contribution in [0.1, 0.15) is 31.7 Å². The fourth-order valence-corrected chi connectivity index (χ4v) is 6.13. The van der Waals surface area contributed by atoms with Crippen molar-refractivity contribution in [3.8, 4) is 34.1 Å². The average Bonchev–Trinajstić information content (AvgIpc) is 3.68. The van der Waals surface area contributed by atoms with Crippen LogP contribution in [-0.2, 0) is 0 Å². The number of hydrogen-bond acceptors (Lipinski definition) is 10. The number of ether oxygens (including phenoxy) is 1. The summed E-state index contributed by atoms with van der Waals surface area (Å²) >= 11 is 0. The molecule has 210 valence electrons. The molecule has 12 nitrogen and oxygen atoms in total. The van der Waals surface area contributed by atoms with E-state index in [4.69, 9.17) is 15.6 Å². The third-order valence-corrected chi connectivity index (χ3v) is 8.41. The quantitative estimate of drug-likeness (QED) is 0.320. The average molecular weight is 552 g/mol. The first-order valence-corrected chi connectivity index (χ1v) is 14.2. The number of tetrazole rings is 1. The number of fused-ring (bicyclic) bond motifs is 1. The maximum atomic E-state index is 6.40. The van der Waals surface area contributed by atoms with Crippen molar-refractivity contribution in [3.63, 3.8) is 0 Å². The van der Waals surface area contributed by atoms with E-state index in [1.807, 2.05) is 48.5 Å². The number of hydrogen-bond donors (Lipinski definition) is 2. The Morgan fingerprint density at radius 3 is 2.41 bits per heavy atom. The van der Waals surface area contributed by atoms with Crippen LogP contribution >= 0.6 is 0 Å². The Bertz CT molecular complexity index is 1620. The number of nitrogens with one attached hydrogen (secondary N) is 1. The molecule has 12 heteroatoms. The summed E-state index contributed by atoms with van der Waals surface area (Å²) in [4.78, 5) is 14.0. The number of benzene rings is 2. The summed E-state index contributed by atoms with van der Waals surface area (Å²) in [5, 5.41) is 20.2. The van der Waals surface area contributed by atoms with Crippen molar-refractivity contribution in [2.24, 2.45) is 0 Å². The molecule has 2 aromatic carbocycles. The van der Waals surface area contributed by atoms with Crippen molar-refractivity contribution in [2.45, 2.75) is 37.8 Å². The number of rotatable bonds is 6. The molecule has 0 bridgehead atoms. The second-order valence-corrected chi connectivity index (χ2v) is 10.9. The van der Waals surface area contributed by atoms with Gasteiger partial charge in [-0.2, -0.15) is 10.3 Å². The van der Waals surface area contributed by atoms with Gasteiger partial charge < -0.3 is 15.4 Å². The van der Waals surface area contributed by atoms with E-state index in [1.165, 1.54) is 19.2 Å². The molecular weight excluding hydrogens is 518 g/mol. The molecule has 0 unspecified atom stereocenters. The summed E-state index contributed by atoms with van der Waals surface area (Å²) in [5.74, 6) is 2.24. The highest BCUT2D eigenvalue weighted by Crippen LogP contribution is 2.38. The maximum Gasteiger partial charge on any atom is 0.208 e. The van der Waals surface area contributed by atoms with Gasteiger partial charge in [-0.05, 0) is 74.3 Å². The number of nitrogens with two attached hydrogens (primary N) is 1. The molecule has 5 aromatic rings. The summed E-state index contributed by atoms with van der Waals surface area (Å²) in [6.45, 7) is 4.62. The normalized spacial score (nSPS) is 20.4. The lowest BCUT2D eigenvalue weighted by Crippen LogP contribution is -2.49. The molecule has 1 saturated carbocycles. The van der Waals surface area contributed by atoms with E-state index in [-0.39, 0.29) is 6.04 Å². The molecule has 0 radical (unpaired) electrons. The predicted molar refractivity (Wildman–Crippen MR) is 155 cm³/mol. The predicted octanol–water partition coefficient (Wildman–Crippen LogP) is 3.78. The number of nitrogens with zero attached hydrogens (tertiary/aromatic N) is 9. The Morgan fingerprint density at radius 1 is 0.902 bits per heavy atom. The molecular formula is C29H33N11O. The zero-order valence-electron chi connectivity index (χ0n) is 23.0. The van der Waals surface area contributed by atoms with Gasteiger partial charge in [-0.25, -0.2) is 14.6 Å². The Balaban J connectivity index is 1.13. The molecule has 2 fully saturated rings. The van der Waals surface area contributed by atoms with Crippen LogP contribution in [0.25, 0.3) is 33.7 Å². The van der Waals surface area contributed by atoms with Crippen molar-refractivity contribution in [2.75, 3.05) is 39.0 Å². The molecule has 1 saturated heterocycles. The van der Waals surface area contributed by atoms with Gasteiger partial charge in [0.2, 0.25) is 5.82 Å². The minimum absolute atomic E-state index is 0.286. The van der Waals surface area contributed by atoms with E-state index in [0.717, 1.165) is 66.9 Å². The Labute approximate surface area is 237 Å². The molecule has 1 aliphatic carbocycles. The lowest BCUT2D eigenvalue weighted by Gasteiger charge is -2.41. The first-order valence-electron chi connectivity index (χ1n) is 14.2. The summed E-state index contributed by atoms with van der Waals surface area (Å²) in [7, 11) is 2.21.